The zero-order valence-corrected chi connectivity index (χ0v) is 9.07. The van der Waals surface area contributed by atoms with E-state index in [2.05, 4.69) is 5.32 Å². The molecule has 1 aromatic carbocycles. The van der Waals surface area contributed by atoms with Gasteiger partial charge in [0.2, 0.25) is 0 Å². The summed E-state index contributed by atoms with van der Waals surface area (Å²) in [5, 5.41) is 30.2. The fourth-order valence-corrected chi connectivity index (χ4v) is 1.26. The zero-order chi connectivity index (χ0) is 13.7. The van der Waals surface area contributed by atoms with Crippen LogP contribution in [0, 0.1) is 10.1 Å². The first-order valence-electron chi connectivity index (χ1n) is 4.85. The van der Waals surface area contributed by atoms with Gasteiger partial charge >= 0.3 is 11.9 Å². The summed E-state index contributed by atoms with van der Waals surface area (Å²) in [6.45, 7) is 0. The summed E-state index contributed by atoms with van der Waals surface area (Å²) in [5.41, 5.74) is 0.167. The van der Waals surface area contributed by atoms with E-state index in [0.717, 1.165) is 0 Å². The lowest BCUT2D eigenvalue weighted by Gasteiger charge is -2.13. The average molecular weight is 254 g/mol. The van der Waals surface area contributed by atoms with Crippen LogP contribution in [0.4, 0.5) is 11.4 Å². The van der Waals surface area contributed by atoms with E-state index in [1.165, 1.54) is 24.3 Å². The number of non-ortho nitro benzene ring substituents is 1. The van der Waals surface area contributed by atoms with Gasteiger partial charge in [0.05, 0.1) is 11.3 Å². The second kappa shape index (κ2) is 5.62. The standard InChI is InChI=1S/C10H10N2O6/c13-9(14)5-8(10(15)16)11-6-1-3-7(4-2-6)12(17)18/h1-4,8,11H,5H2,(H,13,14)(H,15,16)/t8-/m0/s1. The molecular weight excluding hydrogens is 244 g/mol. The first-order chi connectivity index (χ1) is 8.40. The van der Waals surface area contributed by atoms with Crippen LogP contribution in [0.1, 0.15) is 6.42 Å². The van der Waals surface area contributed by atoms with E-state index in [-0.39, 0.29) is 5.69 Å². The van der Waals surface area contributed by atoms with Crippen molar-refractivity contribution in [3.05, 3.63) is 34.4 Å². The Morgan fingerprint density at radius 3 is 2.22 bits per heavy atom. The number of nitro groups is 1. The maximum absolute atomic E-state index is 10.8. The molecule has 0 unspecified atom stereocenters. The predicted molar refractivity (Wildman–Crippen MR) is 60.4 cm³/mol. The number of rotatable bonds is 6. The van der Waals surface area contributed by atoms with Gasteiger partial charge in [-0.05, 0) is 12.1 Å². The number of nitrogens with zero attached hydrogens (tertiary/aromatic N) is 1. The van der Waals surface area contributed by atoms with E-state index in [4.69, 9.17) is 10.2 Å². The summed E-state index contributed by atoms with van der Waals surface area (Å²) in [4.78, 5) is 31.0. The highest BCUT2D eigenvalue weighted by molar-refractivity contribution is 5.83. The molecule has 0 saturated heterocycles. The molecule has 0 saturated carbocycles. The Morgan fingerprint density at radius 2 is 1.83 bits per heavy atom. The van der Waals surface area contributed by atoms with Crippen molar-refractivity contribution in [2.24, 2.45) is 0 Å². The smallest absolute Gasteiger partial charge is 0.326 e. The van der Waals surface area contributed by atoms with Crippen molar-refractivity contribution in [3.8, 4) is 0 Å². The molecule has 1 atom stereocenters. The maximum atomic E-state index is 10.8. The normalized spacial score (nSPS) is 11.6. The number of nitrogens with one attached hydrogen (secondary N) is 1. The molecule has 0 radical (unpaired) electrons. The Labute approximate surface area is 101 Å². The Kier molecular flexibility index (Phi) is 4.19. The third kappa shape index (κ3) is 3.74. The molecule has 0 bridgehead atoms. The molecule has 0 aliphatic carbocycles. The van der Waals surface area contributed by atoms with Gasteiger partial charge in [-0.25, -0.2) is 4.79 Å². The molecular formula is C10H10N2O6. The van der Waals surface area contributed by atoms with Gasteiger partial charge in [0, 0.05) is 17.8 Å². The SMILES string of the molecule is O=C(O)C[C@H](Nc1ccc([N+](=O)[O-])cc1)C(=O)O. The molecule has 18 heavy (non-hydrogen) atoms. The first kappa shape index (κ1) is 13.4. The van der Waals surface area contributed by atoms with Crippen LogP contribution in [0.15, 0.2) is 24.3 Å². The van der Waals surface area contributed by atoms with Crippen molar-refractivity contribution in [3.63, 3.8) is 0 Å². The lowest BCUT2D eigenvalue weighted by Crippen LogP contribution is -2.31. The van der Waals surface area contributed by atoms with Crippen molar-refractivity contribution in [1.29, 1.82) is 0 Å². The summed E-state index contributed by atoms with van der Waals surface area (Å²) in [6.07, 6.45) is -0.591. The Morgan fingerprint density at radius 1 is 1.28 bits per heavy atom. The van der Waals surface area contributed by atoms with Crippen LogP contribution in [0.3, 0.4) is 0 Å². The lowest BCUT2D eigenvalue weighted by molar-refractivity contribution is -0.384. The summed E-state index contributed by atoms with van der Waals surface area (Å²) in [5.74, 6) is -2.56. The minimum Gasteiger partial charge on any atom is -0.481 e. The molecule has 0 aliphatic heterocycles. The fourth-order valence-electron chi connectivity index (χ4n) is 1.26. The Bertz CT molecular complexity index is 470. The van der Waals surface area contributed by atoms with E-state index < -0.39 is 29.3 Å². The number of anilines is 1. The van der Waals surface area contributed by atoms with Gasteiger partial charge in [0.25, 0.3) is 5.69 Å². The van der Waals surface area contributed by atoms with Gasteiger partial charge in [0.1, 0.15) is 6.04 Å². The zero-order valence-electron chi connectivity index (χ0n) is 9.07. The number of benzene rings is 1. The average Bonchev–Trinajstić information content (AvgIpc) is 2.28. The summed E-state index contributed by atoms with van der Waals surface area (Å²) in [7, 11) is 0. The van der Waals surface area contributed by atoms with Gasteiger partial charge in [0.15, 0.2) is 0 Å². The molecule has 1 aromatic rings. The molecule has 96 valence electrons. The third-order valence-electron chi connectivity index (χ3n) is 2.10. The minimum absolute atomic E-state index is 0.134. The predicted octanol–water partition coefficient (Wildman–Crippen LogP) is 0.935. The number of hydrogen-bond acceptors (Lipinski definition) is 5. The third-order valence-corrected chi connectivity index (χ3v) is 2.10. The van der Waals surface area contributed by atoms with Crippen LogP contribution in [0.25, 0.3) is 0 Å². The summed E-state index contributed by atoms with van der Waals surface area (Å²) in [6, 6.07) is 3.74. The second-order valence-electron chi connectivity index (χ2n) is 3.44. The molecule has 0 aromatic heterocycles. The highest BCUT2D eigenvalue weighted by Gasteiger charge is 2.20. The molecule has 0 spiro atoms. The van der Waals surface area contributed by atoms with E-state index in [9.17, 15) is 19.7 Å². The van der Waals surface area contributed by atoms with Gasteiger partial charge in [-0.1, -0.05) is 0 Å². The van der Waals surface area contributed by atoms with Crippen molar-refractivity contribution in [1.82, 2.24) is 0 Å². The molecule has 3 N–H and O–H groups in total. The number of carboxylic acids is 2. The summed E-state index contributed by atoms with van der Waals surface area (Å²) < 4.78 is 0. The quantitative estimate of drug-likeness (QED) is 0.508. The number of carboxylic acid groups (broad SMARTS) is 2. The Hall–Kier alpha value is -2.64. The molecule has 1 rings (SSSR count). The largest absolute Gasteiger partial charge is 0.481 e. The topological polar surface area (TPSA) is 130 Å². The molecule has 0 amide bonds. The van der Waals surface area contributed by atoms with Crippen molar-refractivity contribution >= 4 is 23.3 Å². The molecule has 8 nitrogen and oxygen atoms in total. The van der Waals surface area contributed by atoms with Gasteiger partial charge in [-0.2, -0.15) is 0 Å². The molecule has 0 heterocycles. The number of nitro benzene ring substituents is 1. The minimum atomic E-state index is -1.31. The Balaban J connectivity index is 2.78. The van der Waals surface area contributed by atoms with E-state index in [0.29, 0.717) is 5.69 Å². The van der Waals surface area contributed by atoms with Crippen LogP contribution in [-0.2, 0) is 9.59 Å². The van der Waals surface area contributed by atoms with Crippen LogP contribution in [0.2, 0.25) is 0 Å². The van der Waals surface area contributed by atoms with Gasteiger partial charge < -0.3 is 15.5 Å². The van der Waals surface area contributed by atoms with Crippen molar-refractivity contribution in [2.75, 3.05) is 5.32 Å². The molecule has 8 heteroatoms. The fraction of sp³-hybridized carbons (Fsp3) is 0.200. The highest BCUT2D eigenvalue weighted by Crippen LogP contribution is 2.16. The monoisotopic (exact) mass is 254 g/mol. The van der Waals surface area contributed by atoms with Crippen molar-refractivity contribution < 1.29 is 24.7 Å². The van der Waals surface area contributed by atoms with Crippen LogP contribution < -0.4 is 5.32 Å². The van der Waals surface area contributed by atoms with E-state index >= 15 is 0 Å². The summed E-state index contributed by atoms with van der Waals surface area (Å²) >= 11 is 0. The van der Waals surface area contributed by atoms with Gasteiger partial charge in [-0.3, -0.25) is 14.9 Å². The van der Waals surface area contributed by atoms with Crippen LogP contribution in [-0.4, -0.2) is 33.1 Å². The number of aliphatic carboxylic acids is 2. The van der Waals surface area contributed by atoms with Crippen LogP contribution in [0.5, 0.6) is 0 Å². The maximum Gasteiger partial charge on any atom is 0.326 e. The molecule has 0 aliphatic rings. The first-order valence-corrected chi connectivity index (χ1v) is 4.85. The number of carbonyl (C=O) groups is 2. The van der Waals surface area contributed by atoms with Crippen LogP contribution >= 0.6 is 0 Å². The van der Waals surface area contributed by atoms with E-state index in [1.54, 1.807) is 0 Å². The lowest BCUT2D eigenvalue weighted by atomic mass is 10.2. The number of hydrogen-bond donors (Lipinski definition) is 3. The highest BCUT2D eigenvalue weighted by atomic mass is 16.6. The van der Waals surface area contributed by atoms with Gasteiger partial charge in [-0.15, -0.1) is 0 Å². The van der Waals surface area contributed by atoms with Crippen molar-refractivity contribution in [2.45, 2.75) is 12.5 Å². The molecule has 0 fully saturated rings. The van der Waals surface area contributed by atoms with E-state index in [1.807, 2.05) is 0 Å². The second-order valence-corrected chi connectivity index (χ2v) is 3.44.